The molecule has 0 atom stereocenters. The molecule has 2 N–H and O–H groups in total. The maximum Gasteiger partial charge on any atom is 0.130 e. The topological polar surface area (TPSA) is 35.2 Å². The Morgan fingerprint density at radius 2 is 2.11 bits per heavy atom. The molecule has 0 radical (unpaired) electrons. The van der Waals surface area contributed by atoms with Crippen molar-refractivity contribution in [2.24, 2.45) is 0 Å². The average molecular weight is 253 g/mol. The maximum atomic E-state index is 5.98. The second kappa shape index (κ2) is 4.96. The van der Waals surface area contributed by atoms with Gasteiger partial charge in [0.15, 0.2) is 0 Å². The molecule has 1 heterocycles. The molecule has 2 aromatic rings. The molecule has 98 valence electrons. The first-order chi connectivity index (χ1) is 9.29. The molecular weight excluding hydrogens is 234 g/mol. The van der Waals surface area contributed by atoms with Crippen molar-refractivity contribution in [1.82, 2.24) is 0 Å². The average Bonchev–Trinajstić information content (AvgIpc) is 2.47. The van der Waals surface area contributed by atoms with Crippen LogP contribution >= 0.6 is 0 Å². The molecular formula is C17H19NO. The van der Waals surface area contributed by atoms with E-state index in [4.69, 9.17) is 10.5 Å². The van der Waals surface area contributed by atoms with Crippen molar-refractivity contribution in [3.63, 3.8) is 0 Å². The molecule has 0 spiro atoms. The standard InChI is InChI=1S/C17H19NO/c1-2-12-11-14(8-9-16(12)18)15-7-3-5-13-6-4-10-19-17(13)15/h3,5,7-9,11H,2,4,6,10,18H2,1H3. The summed E-state index contributed by atoms with van der Waals surface area (Å²) in [5.74, 6) is 1.06. The van der Waals surface area contributed by atoms with Gasteiger partial charge in [0, 0.05) is 11.3 Å². The van der Waals surface area contributed by atoms with Crippen LogP contribution in [0.1, 0.15) is 24.5 Å². The van der Waals surface area contributed by atoms with Gasteiger partial charge < -0.3 is 10.5 Å². The van der Waals surface area contributed by atoms with E-state index in [1.807, 2.05) is 6.07 Å². The zero-order valence-corrected chi connectivity index (χ0v) is 11.3. The molecule has 19 heavy (non-hydrogen) atoms. The second-order valence-electron chi connectivity index (χ2n) is 5.01. The lowest BCUT2D eigenvalue weighted by molar-refractivity contribution is 0.289. The number of hydrogen-bond acceptors (Lipinski definition) is 2. The van der Waals surface area contributed by atoms with Gasteiger partial charge in [-0.15, -0.1) is 0 Å². The Morgan fingerprint density at radius 1 is 1.21 bits per heavy atom. The smallest absolute Gasteiger partial charge is 0.130 e. The quantitative estimate of drug-likeness (QED) is 0.826. The van der Waals surface area contributed by atoms with Gasteiger partial charge >= 0.3 is 0 Å². The predicted octanol–water partition coefficient (Wildman–Crippen LogP) is 3.82. The molecule has 3 rings (SSSR count). The number of nitrogen functional groups attached to an aromatic ring is 1. The zero-order valence-electron chi connectivity index (χ0n) is 11.3. The number of benzene rings is 2. The summed E-state index contributed by atoms with van der Waals surface area (Å²) in [6.07, 6.45) is 3.17. The van der Waals surface area contributed by atoms with Gasteiger partial charge in [0.2, 0.25) is 0 Å². The highest BCUT2D eigenvalue weighted by molar-refractivity contribution is 5.74. The maximum absolute atomic E-state index is 5.98. The number of fused-ring (bicyclic) bond motifs is 1. The summed E-state index contributed by atoms with van der Waals surface area (Å²) in [5.41, 5.74) is 11.8. The van der Waals surface area contributed by atoms with Crippen molar-refractivity contribution in [3.05, 3.63) is 47.5 Å². The van der Waals surface area contributed by atoms with Crippen LogP contribution in [0.25, 0.3) is 11.1 Å². The first kappa shape index (κ1) is 12.1. The fourth-order valence-electron chi connectivity index (χ4n) is 2.70. The molecule has 2 aromatic carbocycles. The number of anilines is 1. The molecule has 0 fully saturated rings. The fourth-order valence-corrected chi connectivity index (χ4v) is 2.70. The van der Waals surface area contributed by atoms with Crippen LogP contribution in [0.4, 0.5) is 5.69 Å². The summed E-state index contributed by atoms with van der Waals surface area (Å²) in [7, 11) is 0. The predicted molar refractivity (Wildman–Crippen MR) is 79.5 cm³/mol. The number of ether oxygens (including phenoxy) is 1. The van der Waals surface area contributed by atoms with E-state index in [1.54, 1.807) is 0 Å². The molecule has 0 saturated heterocycles. The molecule has 2 nitrogen and oxygen atoms in total. The van der Waals surface area contributed by atoms with Crippen molar-refractivity contribution in [3.8, 4) is 16.9 Å². The summed E-state index contributed by atoms with van der Waals surface area (Å²) in [6.45, 7) is 2.95. The summed E-state index contributed by atoms with van der Waals surface area (Å²) in [4.78, 5) is 0. The Labute approximate surface area is 114 Å². The third kappa shape index (κ3) is 2.19. The number of rotatable bonds is 2. The Bertz CT molecular complexity index is 604. The van der Waals surface area contributed by atoms with Gasteiger partial charge in [-0.3, -0.25) is 0 Å². The lowest BCUT2D eigenvalue weighted by Gasteiger charge is -2.20. The summed E-state index contributed by atoms with van der Waals surface area (Å²) >= 11 is 0. The summed E-state index contributed by atoms with van der Waals surface area (Å²) < 4.78 is 5.88. The zero-order chi connectivity index (χ0) is 13.2. The molecule has 0 aromatic heterocycles. The van der Waals surface area contributed by atoms with Gasteiger partial charge in [-0.25, -0.2) is 0 Å². The number of nitrogens with two attached hydrogens (primary N) is 1. The lowest BCUT2D eigenvalue weighted by atomic mass is 9.95. The van der Waals surface area contributed by atoms with Gasteiger partial charge in [-0.05, 0) is 48.1 Å². The first-order valence-corrected chi connectivity index (χ1v) is 6.93. The van der Waals surface area contributed by atoms with E-state index in [1.165, 1.54) is 22.3 Å². The number of aryl methyl sites for hydroxylation is 2. The van der Waals surface area contributed by atoms with Crippen molar-refractivity contribution >= 4 is 5.69 Å². The molecule has 0 unspecified atom stereocenters. The monoisotopic (exact) mass is 253 g/mol. The summed E-state index contributed by atoms with van der Waals surface area (Å²) in [5, 5.41) is 0. The van der Waals surface area contributed by atoms with Crippen LogP contribution in [0, 0.1) is 0 Å². The van der Waals surface area contributed by atoms with Gasteiger partial charge in [0.1, 0.15) is 5.75 Å². The Hall–Kier alpha value is -1.96. The van der Waals surface area contributed by atoms with Gasteiger partial charge in [-0.2, -0.15) is 0 Å². The van der Waals surface area contributed by atoms with Gasteiger partial charge in [0.05, 0.1) is 6.61 Å². The normalized spacial score (nSPS) is 13.7. The van der Waals surface area contributed by atoms with E-state index < -0.39 is 0 Å². The van der Waals surface area contributed by atoms with Gasteiger partial charge in [0.25, 0.3) is 0 Å². The van der Waals surface area contributed by atoms with E-state index in [0.717, 1.165) is 37.3 Å². The minimum atomic E-state index is 0.819. The van der Waals surface area contributed by atoms with E-state index in [-0.39, 0.29) is 0 Å². The SMILES string of the molecule is CCc1cc(-c2cccc3c2OCCC3)ccc1N. The third-order valence-corrected chi connectivity index (χ3v) is 3.77. The van der Waals surface area contributed by atoms with Crippen molar-refractivity contribution in [2.75, 3.05) is 12.3 Å². The van der Waals surface area contributed by atoms with Crippen molar-refractivity contribution < 1.29 is 4.74 Å². The van der Waals surface area contributed by atoms with Crippen LogP contribution in [0.2, 0.25) is 0 Å². The lowest BCUT2D eigenvalue weighted by Crippen LogP contribution is -2.09. The van der Waals surface area contributed by atoms with E-state index in [2.05, 4.69) is 37.3 Å². The van der Waals surface area contributed by atoms with E-state index >= 15 is 0 Å². The fraction of sp³-hybridized carbons (Fsp3) is 0.294. The van der Waals surface area contributed by atoms with Crippen LogP contribution in [-0.2, 0) is 12.8 Å². The minimum Gasteiger partial charge on any atom is -0.493 e. The largest absolute Gasteiger partial charge is 0.493 e. The van der Waals surface area contributed by atoms with Crippen LogP contribution in [0.15, 0.2) is 36.4 Å². The third-order valence-electron chi connectivity index (χ3n) is 3.77. The number of hydrogen-bond donors (Lipinski definition) is 1. The second-order valence-corrected chi connectivity index (χ2v) is 5.01. The summed E-state index contributed by atoms with van der Waals surface area (Å²) in [6, 6.07) is 12.7. The molecule has 1 aliphatic rings. The van der Waals surface area contributed by atoms with E-state index in [0.29, 0.717) is 0 Å². The highest BCUT2D eigenvalue weighted by Crippen LogP contribution is 2.37. The van der Waals surface area contributed by atoms with Crippen LogP contribution < -0.4 is 10.5 Å². The molecule has 0 aliphatic carbocycles. The highest BCUT2D eigenvalue weighted by Gasteiger charge is 2.15. The van der Waals surface area contributed by atoms with Crippen LogP contribution in [0.5, 0.6) is 5.75 Å². The van der Waals surface area contributed by atoms with Crippen LogP contribution in [0.3, 0.4) is 0 Å². The van der Waals surface area contributed by atoms with Gasteiger partial charge in [-0.1, -0.05) is 31.2 Å². The van der Waals surface area contributed by atoms with Crippen molar-refractivity contribution in [1.29, 1.82) is 0 Å². The van der Waals surface area contributed by atoms with E-state index in [9.17, 15) is 0 Å². The molecule has 0 saturated carbocycles. The molecule has 0 bridgehead atoms. The molecule has 0 amide bonds. The van der Waals surface area contributed by atoms with Crippen LogP contribution in [-0.4, -0.2) is 6.61 Å². The molecule has 1 aliphatic heterocycles. The Morgan fingerprint density at radius 3 is 2.95 bits per heavy atom. The minimum absolute atomic E-state index is 0.819. The highest BCUT2D eigenvalue weighted by atomic mass is 16.5. The Kier molecular flexibility index (Phi) is 3.16. The number of para-hydroxylation sites is 1. The van der Waals surface area contributed by atoms with Crippen molar-refractivity contribution in [2.45, 2.75) is 26.2 Å². The molecule has 2 heteroatoms. The Balaban J connectivity index is 2.12. The first-order valence-electron chi connectivity index (χ1n) is 6.93.